The lowest BCUT2D eigenvalue weighted by molar-refractivity contribution is -0.132. The summed E-state index contributed by atoms with van der Waals surface area (Å²) < 4.78 is 0. The molecule has 0 bridgehead atoms. The molecule has 1 amide bonds. The Morgan fingerprint density at radius 3 is 2.67 bits per heavy atom. The number of benzene rings is 1. The Labute approximate surface area is 134 Å². The fraction of sp³-hybridized carbons (Fsp3) is 0.588. The van der Waals surface area contributed by atoms with E-state index in [9.17, 15) is 4.79 Å². The van der Waals surface area contributed by atoms with Crippen LogP contribution in [0.3, 0.4) is 0 Å². The van der Waals surface area contributed by atoms with Crippen LogP contribution in [0.1, 0.15) is 43.7 Å². The number of aryl methyl sites for hydroxylation is 1. The van der Waals surface area contributed by atoms with E-state index in [1.165, 1.54) is 11.1 Å². The van der Waals surface area contributed by atoms with E-state index in [-0.39, 0.29) is 24.4 Å². The molecule has 1 fully saturated rings. The van der Waals surface area contributed by atoms with Gasteiger partial charge in [0.1, 0.15) is 0 Å². The van der Waals surface area contributed by atoms with Crippen LogP contribution < -0.4 is 5.73 Å². The number of amides is 1. The van der Waals surface area contributed by atoms with Gasteiger partial charge in [-0.2, -0.15) is 0 Å². The van der Waals surface area contributed by atoms with Crippen LogP contribution in [0.5, 0.6) is 0 Å². The van der Waals surface area contributed by atoms with Crippen LogP contribution in [0.2, 0.25) is 0 Å². The van der Waals surface area contributed by atoms with Gasteiger partial charge in [-0.25, -0.2) is 0 Å². The molecule has 1 aromatic carbocycles. The van der Waals surface area contributed by atoms with Crippen molar-refractivity contribution in [2.24, 2.45) is 5.73 Å². The summed E-state index contributed by atoms with van der Waals surface area (Å²) in [6, 6.07) is 9.13. The van der Waals surface area contributed by atoms with Crippen LogP contribution in [0.15, 0.2) is 24.3 Å². The van der Waals surface area contributed by atoms with Gasteiger partial charge in [-0.1, -0.05) is 29.8 Å². The zero-order valence-electron chi connectivity index (χ0n) is 13.0. The normalized spacial score (nSPS) is 19.2. The third-order valence-electron chi connectivity index (χ3n) is 4.10. The lowest BCUT2D eigenvalue weighted by Gasteiger charge is -2.25. The van der Waals surface area contributed by atoms with Crippen molar-refractivity contribution in [2.75, 3.05) is 6.54 Å². The van der Waals surface area contributed by atoms with E-state index >= 15 is 0 Å². The maximum Gasteiger partial charge on any atom is 0.222 e. The molecule has 1 heterocycles. The van der Waals surface area contributed by atoms with E-state index in [4.69, 9.17) is 5.73 Å². The van der Waals surface area contributed by atoms with Gasteiger partial charge in [0.15, 0.2) is 0 Å². The predicted octanol–water partition coefficient (Wildman–Crippen LogP) is 3.08. The van der Waals surface area contributed by atoms with E-state index in [2.05, 4.69) is 36.1 Å². The van der Waals surface area contributed by atoms with E-state index in [0.29, 0.717) is 12.5 Å². The number of likely N-dealkylation sites (tertiary alicyclic amines) is 1. The van der Waals surface area contributed by atoms with Crippen molar-refractivity contribution >= 4 is 18.3 Å². The van der Waals surface area contributed by atoms with Gasteiger partial charge >= 0.3 is 0 Å². The molecule has 1 saturated heterocycles. The number of hydrogen-bond donors (Lipinski definition) is 1. The lowest BCUT2D eigenvalue weighted by Crippen LogP contribution is -2.37. The minimum Gasteiger partial charge on any atom is -0.339 e. The molecular formula is C17H27ClN2O. The molecule has 0 aromatic heterocycles. The Balaban J connectivity index is 0.00000220. The second-order valence-electron chi connectivity index (χ2n) is 6.09. The van der Waals surface area contributed by atoms with Crippen LogP contribution in [0.25, 0.3) is 0 Å². The van der Waals surface area contributed by atoms with Crippen LogP contribution in [0, 0.1) is 6.92 Å². The fourth-order valence-electron chi connectivity index (χ4n) is 2.87. The SMILES string of the molecule is Cc1ccc(CC2CCCN2C(=O)CCC(C)N)cc1.Cl. The Hall–Kier alpha value is -1.06. The summed E-state index contributed by atoms with van der Waals surface area (Å²) in [4.78, 5) is 14.3. The molecule has 3 nitrogen and oxygen atoms in total. The number of carbonyl (C=O) groups excluding carboxylic acids is 1. The van der Waals surface area contributed by atoms with Gasteiger partial charge in [0.2, 0.25) is 5.91 Å². The summed E-state index contributed by atoms with van der Waals surface area (Å²) >= 11 is 0. The highest BCUT2D eigenvalue weighted by Gasteiger charge is 2.28. The number of carbonyl (C=O) groups is 1. The monoisotopic (exact) mass is 310 g/mol. The molecule has 1 aromatic rings. The van der Waals surface area contributed by atoms with Crippen LogP contribution >= 0.6 is 12.4 Å². The smallest absolute Gasteiger partial charge is 0.222 e. The van der Waals surface area contributed by atoms with Crippen molar-refractivity contribution in [2.45, 2.75) is 58.0 Å². The van der Waals surface area contributed by atoms with Crippen molar-refractivity contribution in [3.8, 4) is 0 Å². The molecule has 21 heavy (non-hydrogen) atoms. The third-order valence-corrected chi connectivity index (χ3v) is 4.10. The van der Waals surface area contributed by atoms with Crippen molar-refractivity contribution in [3.05, 3.63) is 35.4 Å². The first-order valence-electron chi connectivity index (χ1n) is 7.67. The number of nitrogens with two attached hydrogens (primary N) is 1. The van der Waals surface area contributed by atoms with E-state index < -0.39 is 0 Å². The molecule has 2 N–H and O–H groups in total. The van der Waals surface area contributed by atoms with Gasteiger partial charge in [0.25, 0.3) is 0 Å². The van der Waals surface area contributed by atoms with Gasteiger partial charge in [-0.05, 0) is 45.1 Å². The predicted molar refractivity (Wildman–Crippen MR) is 89.7 cm³/mol. The highest BCUT2D eigenvalue weighted by molar-refractivity contribution is 5.85. The summed E-state index contributed by atoms with van der Waals surface area (Å²) in [6.07, 6.45) is 4.59. The van der Waals surface area contributed by atoms with Crippen molar-refractivity contribution in [3.63, 3.8) is 0 Å². The molecular weight excluding hydrogens is 284 g/mol. The lowest BCUT2D eigenvalue weighted by atomic mass is 10.0. The summed E-state index contributed by atoms with van der Waals surface area (Å²) in [5, 5.41) is 0. The van der Waals surface area contributed by atoms with E-state index in [1.54, 1.807) is 0 Å². The summed E-state index contributed by atoms with van der Waals surface area (Å²) in [5.74, 6) is 0.275. The van der Waals surface area contributed by atoms with E-state index in [0.717, 1.165) is 32.2 Å². The number of nitrogens with zero attached hydrogens (tertiary/aromatic N) is 1. The Kier molecular flexibility index (Phi) is 7.20. The van der Waals surface area contributed by atoms with Crippen molar-refractivity contribution < 1.29 is 4.79 Å². The molecule has 0 aliphatic carbocycles. The number of halogens is 1. The van der Waals surface area contributed by atoms with E-state index in [1.807, 2.05) is 6.92 Å². The Morgan fingerprint density at radius 2 is 2.05 bits per heavy atom. The molecule has 2 unspecified atom stereocenters. The molecule has 2 atom stereocenters. The molecule has 4 heteroatoms. The zero-order valence-corrected chi connectivity index (χ0v) is 13.9. The first-order chi connectivity index (χ1) is 9.56. The van der Waals surface area contributed by atoms with Gasteiger partial charge in [-0.15, -0.1) is 12.4 Å². The topological polar surface area (TPSA) is 46.3 Å². The Bertz CT molecular complexity index is 445. The highest BCUT2D eigenvalue weighted by Crippen LogP contribution is 2.22. The summed E-state index contributed by atoms with van der Waals surface area (Å²) in [7, 11) is 0. The minimum atomic E-state index is 0. The van der Waals surface area contributed by atoms with Crippen LogP contribution in [-0.2, 0) is 11.2 Å². The molecule has 0 saturated carbocycles. The molecule has 2 rings (SSSR count). The molecule has 118 valence electrons. The standard InChI is InChI=1S/C17H26N2O.ClH/c1-13-5-8-15(9-6-13)12-16-4-3-11-19(16)17(20)10-7-14(2)18;/h5-6,8-9,14,16H,3-4,7,10-12,18H2,1-2H3;1H. The zero-order chi connectivity index (χ0) is 14.5. The van der Waals surface area contributed by atoms with Gasteiger partial charge in [0.05, 0.1) is 0 Å². The first-order valence-corrected chi connectivity index (χ1v) is 7.67. The van der Waals surface area contributed by atoms with Crippen LogP contribution in [0.4, 0.5) is 0 Å². The second-order valence-corrected chi connectivity index (χ2v) is 6.09. The summed E-state index contributed by atoms with van der Waals surface area (Å²) in [5.41, 5.74) is 8.35. The molecule has 1 aliphatic heterocycles. The molecule has 0 radical (unpaired) electrons. The van der Waals surface area contributed by atoms with Crippen molar-refractivity contribution in [1.29, 1.82) is 0 Å². The average Bonchev–Trinajstić information content (AvgIpc) is 2.87. The second kappa shape index (κ2) is 8.40. The molecule has 1 aliphatic rings. The van der Waals surface area contributed by atoms with Gasteiger partial charge in [-0.3, -0.25) is 4.79 Å². The third kappa shape index (κ3) is 5.33. The fourth-order valence-corrected chi connectivity index (χ4v) is 2.87. The number of hydrogen-bond acceptors (Lipinski definition) is 2. The maximum atomic E-state index is 12.3. The Morgan fingerprint density at radius 1 is 1.38 bits per heavy atom. The van der Waals surface area contributed by atoms with Crippen LogP contribution in [-0.4, -0.2) is 29.4 Å². The van der Waals surface area contributed by atoms with Crippen molar-refractivity contribution in [1.82, 2.24) is 4.90 Å². The largest absolute Gasteiger partial charge is 0.339 e. The van der Waals surface area contributed by atoms with Gasteiger partial charge in [0, 0.05) is 25.0 Å². The minimum absolute atomic E-state index is 0. The summed E-state index contributed by atoms with van der Waals surface area (Å²) in [6.45, 7) is 4.97. The average molecular weight is 311 g/mol. The van der Waals surface area contributed by atoms with Gasteiger partial charge < -0.3 is 10.6 Å². The molecule has 0 spiro atoms. The highest BCUT2D eigenvalue weighted by atomic mass is 35.5. The maximum absolute atomic E-state index is 12.3. The number of rotatable bonds is 5. The quantitative estimate of drug-likeness (QED) is 0.908. The first kappa shape index (κ1) is 18.0.